The lowest BCUT2D eigenvalue weighted by Crippen LogP contribution is -2.05. The molecule has 0 aromatic carbocycles. The van der Waals surface area contributed by atoms with Crippen LogP contribution in [-0.4, -0.2) is 9.97 Å². The maximum absolute atomic E-state index is 5.75. The highest BCUT2D eigenvalue weighted by Gasteiger charge is 2.06. The minimum atomic E-state index is 0.371. The van der Waals surface area contributed by atoms with Crippen LogP contribution in [0.25, 0.3) is 0 Å². The highest BCUT2D eigenvalue weighted by Crippen LogP contribution is 2.14. The minimum absolute atomic E-state index is 0.371. The summed E-state index contributed by atoms with van der Waals surface area (Å²) in [6, 6.07) is 0. The molecule has 1 rings (SSSR count). The zero-order valence-electron chi connectivity index (χ0n) is 8.54. The molecular weight excluding hydrogens is 162 g/mol. The fraction of sp³-hybridized carbons (Fsp3) is 0.600. The third-order valence-corrected chi connectivity index (χ3v) is 1.92. The number of aromatic nitrogens is 2. The van der Waals surface area contributed by atoms with Crippen molar-refractivity contribution < 1.29 is 0 Å². The Kier molecular flexibility index (Phi) is 3.23. The lowest BCUT2D eigenvalue weighted by Gasteiger charge is -2.07. The number of aryl methyl sites for hydroxylation is 1. The Bertz CT molecular complexity index is 281. The molecule has 0 unspecified atom stereocenters. The number of anilines is 1. The molecule has 0 bridgehead atoms. The lowest BCUT2D eigenvalue weighted by molar-refractivity contribution is 0.750. The molecule has 13 heavy (non-hydrogen) atoms. The van der Waals surface area contributed by atoms with Gasteiger partial charge in [-0.05, 0) is 6.42 Å². The van der Waals surface area contributed by atoms with Gasteiger partial charge in [-0.2, -0.15) is 0 Å². The molecule has 0 saturated heterocycles. The number of hydrogen-bond donors (Lipinski definition) is 1. The number of nitrogens with zero attached hydrogens (tertiary/aromatic N) is 2. The molecule has 0 radical (unpaired) electrons. The fourth-order valence-corrected chi connectivity index (χ4v) is 1.16. The Morgan fingerprint density at radius 1 is 1.46 bits per heavy atom. The van der Waals surface area contributed by atoms with Crippen molar-refractivity contribution in [2.75, 3.05) is 5.73 Å². The molecular formula is C10H17N3. The van der Waals surface area contributed by atoms with E-state index in [1.54, 1.807) is 6.20 Å². The van der Waals surface area contributed by atoms with Gasteiger partial charge in [0, 0.05) is 5.92 Å². The molecule has 0 aliphatic rings. The quantitative estimate of drug-likeness (QED) is 0.773. The van der Waals surface area contributed by atoms with Crippen molar-refractivity contribution >= 4 is 5.69 Å². The van der Waals surface area contributed by atoms with E-state index in [0.29, 0.717) is 11.6 Å². The molecule has 0 saturated carbocycles. The van der Waals surface area contributed by atoms with Crippen molar-refractivity contribution in [1.82, 2.24) is 9.97 Å². The molecule has 1 aromatic rings. The van der Waals surface area contributed by atoms with Crippen molar-refractivity contribution in [2.24, 2.45) is 0 Å². The normalized spacial score (nSPS) is 10.8. The molecule has 72 valence electrons. The topological polar surface area (TPSA) is 51.8 Å². The van der Waals surface area contributed by atoms with Crippen LogP contribution < -0.4 is 5.73 Å². The van der Waals surface area contributed by atoms with Gasteiger partial charge < -0.3 is 5.73 Å². The molecule has 3 heteroatoms. The second kappa shape index (κ2) is 4.21. The van der Waals surface area contributed by atoms with Gasteiger partial charge in [0.2, 0.25) is 0 Å². The summed E-state index contributed by atoms with van der Waals surface area (Å²) >= 11 is 0. The number of nitrogens with two attached hydrogens (primary N) is 1. The van der Waals surface area contributed by atoms with Crippen molar-refractivity contribution in [1.29, 1.82) is 0 Å². The van der Waals surface area contributed by atoms with Gasteiger partial charge in [-0.25, -0.2) is 9.97 Å². The van der Waals surface area contributed by atoms with E-state index in [0.717, 1.165) is 24.4 Å². The Hall–Kier alpha value is -1.12. The summed E-state index contributed by atoms with van der Waals surface area (Å²) in [6.45, 7) is 6.29. The van der Waals surface area contributed by atoms with E-state index >= 15 is 0 Å². The van der Waals surface area contributed by atoms with E-state index in [1.807, 2.05) is 0 Å². The molecule has 0 aliphatic carbocycles. The lowest BCUT2D eigenvalue weighted by atomic mass is 10.2. The van der Waals surface area contributed by atoms with Crippen molar-refractivity contribution in [2.45, 2.75) is 39.5 Å². The van der Waals surface area contributed by atoms with E-state index < -0.39 is 0 Å². The highest BCUT2D eigenvalue weighted by molar-refractivity contribution is 5.40. The van der Waals surface area contributed by atoms with Crippen LogP contribution in [0.4, 0.5) is 5.69 Å². The first kappa shape index (κ1) is 9.96. The monoisotopic (exact) mass is 179 g/mol. The first-order valence-electron chi connectivity index (χ1n) is 4.76. The molecule has 0 fully saturated rings. The zero-order chi connectivity index (χ0) is 9.84. The largest absolute Gasteiger partial charge is 0.396 e. The Morgan fingerprint density at radius 2 is 2.15 bits per heavy atom. The molecule has 0 atom stereocenters. The molecule has 1 aromatic heterocycles. The Balaban J connectivity index is 2.97. The molecule has 3 nitrogen and oxygen atoms in total. The number of nitrogen functional groups attached to an aromatic ring is 1. The second-order valence-electron chi connectivity index (χ2n) is 3.53. The van der Waals surface area contributed by atoms with Gasteiger partial charge in [0.05, 0.1) is 17.6 Å². The van der Waals surface area contributed by atoms with E-state index in [2.05, 4.69) is 30.7 Å². The van der Waals surface area contributed by atoms with Crippen molar-refractivity contribution in [3.8, 4) is 0 Å². The van der Waals surface area contributed by atoms with Gasteiger partial charge in [0.25, 0.3) is 0 Å². The first-order chi connectivity index (χ1) is 6.15. The van der Waals surface area contributed by atoms with E-state index in [4.69, 9.17) is 5.73 Å². The number of rotatable bonds is 3. The van der Waals surface area contributed by atoms with Crippen LogP contribution in [0, 0.1) is 0 Å². The van der Waals surface area contributed by atoms with Crippen LogP contribution in [0.5, 0.6) is 0 Å². The molecule has 0 amide bonds. The highest BCUT2D eigenvalue weighted by atomic mass is 14.9. The van der Waals surface area contributed by atoms with E-state index in [1.165, 1.54) is 0 Å². The SMILES string of the molecule is CCCc1nc(C(C)C)ncc1N. The van der Waals surface area contributed by atoms with Crippen LogP contribution in [0.3, 0.4) is 0 Å². The Labute approximate surface area is 79.4 Å². The van der Waals surface area contributed by atoms with Crippen LogP contribution >= 0.6 is 0 Å². The zero-order valence-corrected chi connectivity index (χ0v) is 8.54. The maximum Gasteiger partial charge on any atom is 0.131 e. The molecule has 1 heterocycles. The molecule has 0 aliphatic heterocycles. The predicted octanol–water partition coefficient (Wildman–Crippen LogP) is 2.13. The summed E-state index contributed by atoms with van der Waals surface area (Å²) in [7, 11) is 0. The van der Waals surface area contributed by atoms with Crippen LogP contribution in [0.15, 0.2) is 6.20 Å². The van der Waals surface area contributed by atoms with Gasteiger partial charge in [-0.3, -0.25) is 0 Å². The van der Waals surface area contributed by atoms with E-state index in [-0.39, 0.29) is 0 Å². The number of hydrogen-bond acceptors (Lipinski definition) is 3. The maximum atomic E-state index is 5.75. The van der Waals surface area contributed by atoms with Crippen LogP contribution in [0.2, 0.25) is 0 Å². The fourth-order valence-electron chi connectivity index (χ4n) is 1.16. The summed E-state index contributed by atoms with van der Waals surface area (Å²) in [6.07, 6.45) is 3.72. The third-order valence-electron chi connectivity index (χ3n) is 1.92. The Morgan fingerprint density at radius 3 is 2.69 bits per heavy atom. The van der Waals surface area contributed by atoms with Gasteiger partial charge in [-0.15, -0.1) is 0 Å². The van der Waals surface area contributed by atoms with E-state index in [9.17, 15) is 0 Å². The van der Waals surface area contributed by atoms with Gasteiger partial charge in [-0.1, -0.05) is 27.2 Å². The minimum Gasteiger partial charge on any atom is -0.396 e. The summed E-state index contributed by atoms with van der Waals surface area (Å²) in [5, 5.41) is 0. The summed E-state index contributed by atoms with van der Waals surface area (Å²) in [5.41, 5.74) is 7.45. The average molecular weight is 179 g/mol. The van der Waals surface area contributed by atoms with Crippen LogP contribution in [-0.2, 0) is 6.42 Å². The third kappa shape index (κ3) is 2.41. The predicted molar refractivity (Wildman–Crippen MR) is 54.5 cm³/mol. The van der Waals surface area contributed by atoms with Crippen LogP contribution in [0.1, 0.15) is 44.6 Å². The summed E-state index contributed by atoms with van der Waals surface area (Å²) in [4.78, 5) is 8.61. The van der Waals surface area contributed by atoms with Crippen molar-refractivity contribution in [3.63, 3.8) is 0 Å². The van der Waals surface area contributed by atoms with Gasteiger partial charge in [0.1, 0.15) is 5.82 Å². The standard InChI is InChI=1S/C10H17N3/c1-4-5-9-8(11)6-12-10(13-9)7(2)3/h6-7H,4-5,11H2,1-3H3. The second-order valence-corrected chi connectivity index (χ2v) is 3.53. The van der Waals surface area contributed by atoms with Crippen molar-refractivity contribution in [3.05, 3.63) is 17.7 Å². The van der Waals surface area contributed by atoms with Gasteiger partial charge >= 0.3 is 0 Å². The smallest absolute Gasteiger partial charge is 0.131 e. The first-order valence-corrected chi connectivity index (χ1v) is 4.76. The molecule has 0 spiro atoms. The molecule has 2 N–H and O–H groups in total. The van der Waals surface area contributed by atoms with Gasteiger partial charge in [0.15, 0.2) is 0 Å². The average Bonchev–Trinajstić information content (AvgIpc) is 2.08. The summed E-state index contributed by atoms with van der Waals surface area (Å²) < 4.78 is 0. The summed E-state index contributed by atoms with van der Waals surface area (Å²) in [5.74, 6) is 1.26.